The summed E-state index contributed by atoms with van der Waals surface area (Å²) in [4.78, 5) is 25.4. The van der Waals surface area contributed by atoms with Gasteiger partial charge in [0.25, 0.3) is 0 Å². The van der Waals surface area contributed by atoms with Gasteiger partial charge in [0.15, 0.2) is 6.10 Å². The van der Waals surface area contributed by atoms with Gasteiger partial charge >= 0.3 is 11.9 Å². The van der Waals surface area contributed by atoms with Gasteiger partial charge in [-0.2, -0.15) is 0 Å². The number of carbonyl (C=O) groups is 2. The van der Waals surface area contributed by atoms with Crippen molar-refractivity contribution in [2.24, 2.45) is 0 Å². The Morgan fingerprint density at radius 3 is 1.23 bits per heavy atom. The molecule has 0 N–H and O–H groups in total. The molecule has 0 bridgehead atoms. The first kappa shape index (κ1) is 59.1. The van der Waals surface area contributed by atoms with Crippen LogP contribution in [-0.2, 0) is 23.8 Å². The summed E-state index contributed by atoms with van der Waals surface area (Å²) in [6, 6.07) is 0. The first-order valence-corrected chi connectivity index (χ1v) is 26.1. The van der Waals surface area contributed by atoms with Gasteiger partial charge in [-0.1, -0.05) is 202 Å². The Kier molecular flexibility index (Phi) is 50.0. The topological polar surface area (TPSA) is 61.8 Å². The number of esters is 2. The van der Waals surface area contributed by atoms with E-state index >= 15 is 0 Å². The van der Waals surface area contributed by atoms with E-state index in [4.69, 9.17) is 14.2 Å². The van der Waals surface area contributed by atoms with Gasteiger partial charge in [0, 0.05) is 19.4 Å². The van der Waals surface area contributed by atoms with E-state index < -0.39 is 6.10 Å². The smallest absolute Gasteiger partial charge is 0.306 e. The molecule has 5 heteroatoms. The van der Waals surface area contributed by atoms with Crippen LogP contribution in [0.15, 0.2) is 85.1 Å². The van der Waals surface area contributed by atoms with Crippen LogP contribution in [-0.4, -0.2) is 37.9 Å². The molecular weight excluding hydrogens is 765 g/mol. The van der Waals surface area contributed by atoms with E-state index in [0.29, 0.717) is 19.4 Å². The van der Waals surface area contributed by atoms with E-state index in [1.54, 1.807) is 0 Å². The van der Waals surface area contributed by atoms with Crippen molar-refractivity contribution in [2.45, 2.75) is 245 Å². The number of carbonyl (C=O) groups excluding carboxylic acids is 2. The first-order valence-electron chi connectivity index (χ1n) is 26.1. The number of hydrogen-bond donors (Lipinski definition) is 0. The second-order valence-corrected chi connectivity index (χ2v) is 17.0. The fraction of sp³-hybridized carbons (Fsp3) is 0.719. The highest BCUT2D eigenvalue weighted by molar-refractivity contribution is 5.70. The molecule has 0 amide bonds. The van der Waals surface area contributed by atoms with Crippen molar-refractivity contribution >= 4 is 11.9 Å². The monoisotopic (exact) mass is 863 g/mol. The lowest BCUT2D eigenvalue weighted by atomic mass is 10.1. The zero-order valence-electron chi connectivity index (χ0n) is 40.9. The van der Waals surface area contributed by atoms with Crippen molar-refractivity contribution in [3.63, 3.8) is 0 Å². The Morgan fingerprint density at radius 2 is 0.742 bits per heavy atom. The maximum atomic E-state index is 12.8. The van der Waals surface area contributed by atoms with Gasteiger partial charge < -0.3 is 14.2 Å². The highest BCUT2D eigenvalue weighted by Crippen LogP contribution is 2.13. The number of unbranched alkanes of at least 4 members (excludes halogenated alkanes) is 22. The Hall–Kier alpha value is -2.92. The molecule has 0 saturated heterocycles. The summed E-state index contributed by atoms with van der Waals surface area (Å²) < 4.78 is 17.4. The minimum Gasteiger partial charge on any atom is -0.462 e. The molecule has 0 saturated carbocycles. The lowest BCUT2D eigenvalue weighted by Crippen LogP contribution is -2.30. The van der Waals surface area contributed by atoms with Crippen LogP contribution in [0.2, 0.25) is 0 Å². The predicted molar refractivity (Wildman–Crippen MR) is 270 cm³/mol. The van der Waals surface area contributed by atoms with E-state index in [1.807, 2.05) is 0 Å². The molecule has 0 radical (unpaired) electrons. The van der Waals surface area contributed by atoms with Crippen LogP contribution in [0.4, 0.5) is 0 Å². The van der Waals surface area contributed by atoms with E-state index in [-0.39, 0.29) is 25.2 Å². The van der Waals surface area contributed by atoms with E-state index in [2.05, 4.69) is 106 Å². The maximum Gasteiger partial charge on any atom is 0.306 e. The van der Waals surface area contributed by atoms with E-state index in [1.165, 1.54) is 109 Å². The van der Waals surface area contributed by atoms with Crippen LogP contribution in [0.3, 0.4) is 0 Å². The van der Waals surface area contributed by atoms with Crippen LogP contribution in [0.25, 0.3) is 0 Å². The molecule has 1 atom stereocenters. The third-order valence-electron chi connectivity index (χ3n) is 10.9. The fourth-order valence-corrected chi connectivity index (χ4v) is 6.98. The summed E-state index contributed by atoms with van der Waals surface area (Å²) in [7, 11) is 0. The zero-order chi connectivity index (χ0) is 44.9. The molecule has 0 aromatic heterocycles. The average Bonchev–Trinajstić information content (AvgIpc) is 3.27. The van der Waals surface area contributed by atoms with Crippen molar-refractivity contribution in [3.05, 3.63) is 85.1 Å². The lowest BCUT2D eigenvalue weighted by Gasteiger charge is -2.18. The minimum atomic E-state index is -0.556. The van der Waals surface area contributed by atoms with Gasteiger partial charge in [0.1, 0.15) is 6.61 Å². The molecule has 1 unspecified atom stereocenters. The largest absolute Gasteiger partial charge is 0.462 e. The molecule has 0 fully saturated rings. The van der Waals surface area contributed by atoms with Crippen LogP contribution in [0.1, 0.15) is 239 Å². The number of ether oxygens (including phenoxy) is 3. The summed E-state index contributed by atoms with van der Waals surface area (Å²) in [6.45, 7) is 7.61. The molecule has 0 spiro atoms. The summed E-state index contributed by atoms with van der Waals surface area (Å²) in [5.74, 6) is -0.434. The lowest BCUT2D eigenvalue weighted by molar-refractivity contribution is -0.163. The normalized spacial score (nSPS) is 12.9. The summed E-state index contributed by atoms with van der Waals surface area (Å²) in [5, 5.41) is 0. The van der Waals surface area contributed by atoms with Crippen molar-refractivity contribution in [3.8, 4) is 0 Å². The van der Waals surface area contributed by atoms with Crippen molar-refractivity contribution in [1.82, 2.24) is 0 Å². The van der Waals surface area contributed by atoms with Gasteiger partial charge in [-0.3, -0.25) is 9.59 Å². The van der Waals surface area contributed by atoms with Gasteiger partial charge in [0.2, 0.25) is 0 Å². The van der Waals surface area contributed by atoms with Crippen LogP contribution < -0.4 is 0 Å². The van der Waals surface area contributed by atoms with Crippen LogP contribution >= 0.6 is 0 Å². The van der Waals surface area contributed by atoms with Gasteiger partial charge in [-0.25, -0.2) is 0 Å². The number of allylic oxidation sites excluding steroid dienone is 14. The molecule has 0 aliphatic carbocycles. The highest BCUT2D eigenvalue weighted by Gasteiger charge is 2.17. The van der Waals surface area contributed by atoms with Crippen molar-refractivity contribution in [1.29, 1.82) is 0 Å². The molecule has 0 aliphatic rings. The molecule has 0 aliphatic heterocycles. The fourth-order valence-electron chi connectivity index (χ4n) is 6.98. The maximum absolute atomic E-state index is 12.8. The van der Waals surface area contributed by atoms with E-state index in [0.717, 1.165) is 96.3 Å². The zero-order valence-corrected chi connectivity index (χ0v) is 40.9. The Morgan fingerprint density at radius 1 is 0.371 bits per heavy atom. The van der Waals surface area contributed by atoms with Crippen molar-refractivity contribution < 1.29 is 23.8 Å². The quantitative estimate of drug-likeness (QED) is 0.0346. The molecule has 0 heterocycles. The Bertz CT molecular complexity index is 1160. The second-order valence-electron chi connectivity index (χ2n) is 17.0. The molecule has 5 nitrogen and oxygen atoms in total. The van der Waals surface area contributed by atoms with E-state index in [9.17, 15) is 9.59 Å². The SMILES string of the molecule is CC/C=C\C/C=C\C/C=C\CCCCCCCC(=O)OCC(COCCCCCCCCC/C=C\C/C=C\C/C=C\CCCCC)OC(=O)CCCCCCC/C=C\CCCC. The molecular formula is C57H98O5. The number of rotatable bonds is 47. The second kappa shape index (κ2) is 52.4. The molecule has 62 heavy (non-hydrogen) atoms. The Labute approximate surface area is 384 Å². The third kappa shape index (κ3) is 49.7. The van der Waals surface area contributed by atoms with Crippen molar-refractivity contribution in [2.75, 3.05) is 19.8 Å². The highest BCUT2D eigenvalue weighted by atomic mass is 16.6. The minimum absolute atomic E-state index is 0.0655. The molecule has 0 rings (SSSR count). The summed E-state index contributed by atoms with van der Waals surface area (Å²) >= 11 is 0. The standard InChI is InChI=1S/C57H98O5/c1-4-7-10-13-16-19-22-24-26-27-28-29-30-32-34-37-40-43-46-49-52-60-53-55(62-57(59)51-48-45-42-39-35-21-18-15-12-9-6-3)54-61-56(58)50-47-44-41-38-36-33-31-25-23-20-17-14-11-8-5-2/h8,11,15-20,24-26,28-29,31,55H,4-7,9-10,12-14,21-23,27,30,32-54H2,1-3H3/b11-8-,18-15-,19-16-,20-17-,26-24-,29-28-,31-25-. The summed E-state index contributed by atoms with van der Waals surface area (Å²) in [5.41, 5.74) is 0. The molecule has 0 aromatic carbocycles. The van der Waals surface area contributed by atoms with Gasteiger partial charge in [0.05, 0.1) is 6.61 Å². The Balaban J connectivity index is 4.28. The first-order chi connectivity index (χ1) is 30.6. The molecule has 0 aromatic rings. The van der Waals surface area contributed by atoms with Gasteiger partial charge in [-0.05, 0) is 109 Å². The van der Waals surface area contributed by atoms with Crippen LogP contribution in [0, 0.1) is 0 Å². The molecule has 356 valence electrons. The average molecular weight is 863 g/mol. The predicted octanol–water partition coefficient (Wildman–Crippen LogP) is 17.7. The number of hydrogen-bond acceptors (Lipinski definition) is 5. The summed E-state index contributed by atoms with van der Waals surface area (Å²) in [6.07, 6.45) is 68.8. The third-order valence-corrected chi connectivity index (χ3v) is 10.9. The van der Waals surface area contributed by atoms with Gasteiger partial charge in [-0.15, -0.1) is 0 Å². The van der Waals surface area contributed by atoms with Crippen LogP contribution in [0.5, 0.6) is 0 Å².